The van der Waals surface area contributed by atoms with E-state index in [9.17, 15) is 14.3 Å². The van der Waals surface area contributed by atoms with Gasteiger partial charge in [0.05, 0.1) is 33.4 Å². The van der Waals surface area contributed by atoms with Crippen LogP contribution in [0.5, 0.6) is 0 Å². The number of nitrogens with zero attached hydrogens (tertiary/aromatic N) is 2. The van der Waals surface area contributed by atoms with Crippen molar-refractivity contribution in [2.45, 2.75) is 141 Å². The molecule has 2 rings (SSSR count). The highest BCUT2D eigenvalue weighted by molar-refractivity contribution is 7.45. The summed E-state index contributed by atoms with van der Waals surface area (Å²) < 4.78 is 34.8. The summed E-state index contributed by atoms with van der Waals surface area (Å²) in [5.41, 5.74) is 0. The van der Waals surface area contributed by atoms with Gasteiger partial charge in [0.1, 0.15) is 13.2 Å². The van der Waals surface area contributed by atoms with Crippen molar-refractivity contribution in [3.63, 3.8) is 0 Å². The van der Waals surface area contributed by atoms with Crippen LogP contribution in [0, 0.1) is 0 Å². The number of likely N-dealkylation sites (N-methyl/N-ethyl adjacent to an activating group) is 1. The molecule has 0 aliphatic carbocycles. The van der Waals surface area contributed by atoms with Crippen LogP contribution in [0.15, 0.2) is 0 Å². The zero-order valence-corrected chi connectivity index (χ0v) is 28.7. The Labute approximate surface area is 263 Å². The molecular formula is C33H65N2O7P. The Morgan fingerprint density at radius 1 is 0.744 bits per heavy atom. The number of rotatable bonds is 27. The second-order valence-electron chi connectivity index (χ2n) is 13.2. The first-order chi connectivity index (χ1) is 20.8. The molecule has 2 fully saturated rings. The second-order valence-corrected chi connectivity index (χ2v) is 14.6. The third-order valence-electron chi connectivity index (χ3n) is 9.02. The quantitative estimate of drug-likeness (QED) is 0.0522. The van der Waals surface area contributed by atoms with Crippen LogP contribution in [0.4, 0.5) is 4.79 Å². The van der Waals surface area contributed by atoms with Gasteiger partial charge in [0.2, 0.25) is 0 Å². The minimum absolute atomic E-state index is 0.0886. The molecule has 0 bridgehead atoms. The number of carbonyl (C=O) groups is 1. The van der Waals surface area contributed by atoms with Crippen molar-refractivity contribution in [3.05, 3.63) is 0 Å². The SMILES string of the molecule is CCCCCCCCCCCCCCCCCCOCC(COP(=O)([O-])OCC[N+]1(C)CCCC1)OC(=O)N1CCCC1. The van der Waals surface area contributed by atoms with Crippen LogP contribution >= 0.6 is 7.82 Å². The minimum Gasteiger partial charge on any atom is -0.756 e. The molecule has 2 aliphatic rings. The fourth-order valence-corrected chi connectivity index (χ4v) is 6.84. The van der Waals surface area contributed by atoms with Gasteiger partial charge in [0, 0.05) is 32.5 Å². The fourth-order valence-electron chi connectivity index (χ4n) is 6.11. The lowest BCUT2D eigenvalue weighted by Crippen LogP contribution is -2.43. The van der Waals surface area contributed by atoms with Crippen LogP contribution in [0.1, 0.15) is 135 Å². The molecule has 0 aromatic carbocycles. The highest BCUT2D eigenvalue weighted by Gasteiger charge is 2.28. The number of quaternary nitrogens is 1. The molecule has 10 heteroatoms. The summed E-state index contributed by atoms with van der Waals surface area (Å²) in [6.07, 6.45) is 24.0. The van der Waals surface area contributed by atoms with E-state index in [1.54, 1.807) is 4.90 Å². The number of likely N-dealkylation sites (tertiary alicyclic amines) is 2. The van der Waals surface area contributed by atoms with Crippen LogP contribution in [0.25, 0.3) is 0 Å². The minimum atomic E-state index is -4.50. The third-order valence-corrected chi connectivity index (χ3v) is 9.99. The Hall–Kier alpha value is -0.700. The molecule has 2 atom stereocenters. The van der Waals surface area contributed by atoms with Crippen molar-refractivity contribution in [2.75, 3.05) is 66.2 Å². The average Bonchev–Trinajstić information content (AvgIpc) is 3.68. The van der Waals surface area contributed by atoms with E-state index in [1.807, 2.05) is 0 Å². The van der Waals surface area contributed by atoms with Crippen LogP contribution in [0.3, 0.4) is 0 Å². The van der Waals surface area contributed by atoms with Crippen LogP contribution in [0.2, 0.25) is 0 Å². The van der Waals surface area contributed by atoms with Gasteiger partial charge in [-0.25, -0.2) is 4.79 Å². The Morgan fingerprint density at radius 2 is 1.26 bits per heavy atom. The zero-order chi connectivity index (χ0) is 31.1. The van der Waals surface area contributed by atoms with Crippen molar-refractivity contribution in [1.82, 2.24) is 4.90 Å². The lowest BCUT2D eigenvalue weighted by molar-refractivity contribution is -0.897. The number of hydrogen-bond acceptors (Lipinski definition) is 7. The van der Waals surface area contributed by atoms with Crippen molar-refractivity contribution in [3.8, 4) is 0 Å². The summed E-state index contributed by atoms with van der Waals surface area (Å²) in [5.74, 6) is 0. The van der Waals surface area contributed by atoms with Crippen LogP contribution < -0.4 is 4.89 Å². The maximum absolute atomic E-state index is 12.5. The van der Waals surface area contributed by atoms with Gasteiger partial charge >= 0.3 is 6.09 Å². The number of phosphoric acid groups is 1. The van der Waals surface area contributed by atoms with Crippen molar-refractivity contribution in [2.24, 2.45) is 0 Å². The third kappa shape index (κ3) is 19.4. The molecule has 9 nitrogen and oxygen atoms in total. The van der Waals surface area contributed by atoms with E-state index in [0.717, 1.165) is 56.1 Å². The van der Waals surface area contributed by atoms with E-state index < -0.39 is 20.0 Å². The van der Waals surface area contributed by atoms with Gasteiger partial charge in [-0.05, 0) is 19.3 Å². The van der Waals surface area contributed by atoms with Crippen molar-refractivity contribution in [1.29, 1.82) is 0 Å². The molecule has 0 N–H and O–H groups in total. The van der Waals surface area contributed by atoms with Crippen LogP contribution in [-0.4, -0.2) is 87.8 Å². The van der Waals surface area contributed by atoms with Gasteiger partial charge in [0.25, 0.3) is 7.82 Å². The summed E-state index contributed by atoms with van der Waals surface area (Å²) >= 11 is 0. The van der Waals surface area contributed by atoms with Gasteiger partial charge in [-0.1, -0.05) is 103 Å². The number of hydrogen-bond donors (Lipinski definition) is 0. The van der Waals surface area contributed by atoms with Gasteiger partial charge in [-0.15, -0.1) is 0 Å². The first kappa shape index (κ1) is 38.5. The average molecular weight is 633 g/mol. The number of carbonyl (C=O) groups excluding carboxylic acids is 1. The Balaban J connectivity index is 1.52. The van der Waals surface area contributed by atoms with Gasteiger partial charge < -0.3 is 32.8 Å². The first-order valence-corrected chi connectivity index (χ1v) is 19.3. The Bertz CT molecular complexity index is 745. The predicted octanol–water partition coefficient (Wildman–Crippen LogP) is 7.61. The fraction of sp³-hybridized carbons (Fsp3) is 0.970. The van der Waals surface area contributed by atoms with E-state index in [-0.39, 0.29) is 19.8 Å². The molecule has 254 valence electrons. The molecule has 0 spiro atoms. The predicted molar refractivity (Wildman–Crippen MR) is 171 cm³/mol. The number of unbranched alkanes of at least 4 members (excludes halogenated alkanes) is 15. The summed E-state index contributed by atoms with van der Waals surface area (Å²) in [6, 6.07) is 0. The summed E-state index contributed by atoms with van der Waals surface area (Å²) in [4.78, 5) is 26.6. The zero-order valence-electron chi connectivity index (χ0n) is 27.8. The molecule has 0 saturated carbocycles. The van der Waals surface area contributed by atoms with Crippen molar-refractivity contribution < 1.29 is 37.3 Å². The standard InChI is InChI=1S/C33H65N2O7P/c1-3-4-5-6-7-8-9-10-11-12-13-14-15-16-17-22-28-39-30-32(42-33(36)34-23-18-19-24-34)31-41-43(37,38)40-29-27-35(2)25-20-21-26-35/h32H,3-31H2,1-2H3. The molecule has 0 radical (unpaired) electrons. The Kier molecular flexibility index (Phi) is 21.1. The maximum atomic E-state index is 12.5. The monoisotopic (exact) mass is 632 g/mol. The molecule has 0 aromatic heterocycles. The van der Waals surface area contributed by atoms with Gasteiger partial charge in [0.15, 0.2) is 6.10 Å². The lowest BCUT2D eigenvalue weighted by atomic mass is 10.0. The van der Waals surface area contributed by atoms with E-state index in [1.165, 1.54) is 89.9 Å². The molecule has 1 amide bonds. The summed E-state index contributed by atoms with van der Waals surface area (Å²) in [7, 11) is -2.38. The smallest absolute Gasteiger partial charge is 0.410 e. The molecular weight excluding hydrogens is 567 g/mol. The second kappa shape index (κ2) is 23.6. The van der Waals surface area contributed by atoms with E-state index in [4.69, 9.17) is 18.5 Å². The number of ether oxygens (including phenoxy) is 2. The highest BCUT2D eigenvalue weighted by atomic mass is 31.2. The molecule has 2 aliphatic heterocycles. The van der Waals surface area contributed by atoms with E-state index >= 15 is 0 Å². The lowest BCUT2D eigenvalue weighted by Gasteiger charge is -2.31. The molecule has 43 heavy (non-hydrogen) atoms. The number of amides is 1. The van der Waals surface area contributed by atoms with Gasteiger partial charge in [-0.3, -0.25) is 4.57 Å². The highest BCUT2D eigenvalue weighted by Crippen LogP contribution is 2.38. The van der Waals surface area contributed by atoms with Crippen LogP contribution in [-0.2, 0) is 23.1 Å². The topological polar surface area (TPSA) is 97.4 Å². The van der Waals surface area contributed by atoms with E-state index in [2.05, 4.69) is 14.0 Å². The molecule has 2 unspecified atom stereocenters. The number of phosphoric ester groups is 1. The largest absolute Gasteiger partial charge is 0.756 e. The molecule has 2 saturated heterocycles. The first-order valence-electron chi connectivity index (χ1n) is 17.8. The molecule has 2 heterocycles. The maximum Gasteiger partial charge on any atom is 0.410 e. The molecule has 0 aromatic rings. The van der Waals surface area contributed by atoms with E-state index in [0.29, 0.717) is 26.2 Å². The summed E-state index contributed by atoms with van der Waals surface area (Å²) in [6.45, 7) is 6.75. The van der Waals surface area contributed by atoms with Crippen molar-refractivity contribution >= 4 is 13.9 Å². The van der Waals surface area contributed by atoms with Gasteiger partial charge in [-0.2, -0.15) is 0 Å². The Morgan fingerprint density at radius 3 is 1.79 bits per heavy atom. The normalized spacial score (nSPS) is 18.6. The summed E-state index contributed by atoms with van der Waals surface area (Å²) in [5, 5.41) is 0.